The molecule has 0 spiro atoms. The SMILES string of the molecule is O=C1Nc2ccccc2C1=NC1CC1. The first-order valence-electron chi connectivity index (χ1n) is 4.83. The van der Waals surface area contributed by atoms with Gasteiger partial charge in [-0.2, -0.15) is 0 Å². The number of anilines is 1. The Kier molecular flexibility index (Phi) is 1.48. The molecule has 1 amide bonds. The third-order valence-corrected chi connectivity index (χ3v) is 2.50. The van der Waals surface area contributed by atoms with E-state index < -0.39 is 0 Å². The van der Waals surface area contributed by atoms with Gasteiger partial charge in [-0.25, -0.2) is 0 Å². The number of carbonyl (C=O) groups excluding carboxylic acids is 1. The zero-order valence-electron chi connectivity index (χ0n) is 7.66. The highest BCUT2D eigenvalue weighted by molar-refractivity contribution is 6.53. The molecule has 1 heterocycles. The van der Waals surface area contributed by atoms with Crippen LogP contribution in [0.4, 0.5) is 5.69 Å². The highest BCUT2D eigenvalue weighted by Crippen LogP contribution is 2.28. The van der Waals surface area contributed by atoms with Gasteiger partial charge in [-0.05, 0) is 18.9 Å². The van der Waals surface area contributed by atoms with Crippen molar-refractivity contribution >= 4 is 17.3 Å². The van der Waals surface area contributed by atoms with E-state index in [4.69, 9.17) is 0 Å². The zero-order valence-corrected chi connectivity index (χ0v) is 7.66. The minimum Gasteiger partial charge on any atom is -0.320 e. The Morgan fingerprint density at radius 3 is 2.86 bits per heavy atom. The number of carbonyl (C=O) groups is 1. The molecule has 2 aliphatic rings. The lowest BCUT2D eigenvalue weighted by Crippen LogP contribution is -2.14. The number of rotatable bonds is 1. The number of benzene rings is 1. The molecule has 0 bridgehead atoms. The van der Waals surface area contributed by atoms with Gasteiger partial charge in [-0.1, -0.05) is 18.2 Å². The van der Waals surface area contributed by atoms with E-state index >= 15 is 0 Å². The number of para-hydroxylation sites is 1. The Morgan fingerprint density at radius 2 is 2.07 bits per heavy atom. The van der Waals surface area contributed by atoms with E-state index in [1.807, 2.05) is 24.3 Å². The van der Waals surface area contributed by atoms with Gasteiger partial charge in [0, 0.05) is 5.56 Å². The lowest BCUT2D eigenvalue weighted by Gasteiger charge is -1.94. The summed E-state index contributed by atoms with van der Waals surface area (Å²) in [6.45, 7) is 0. The number of hydrogen-bond donors (Lipinski definition) is 1. The standard InChI is InChI=1S/C11H10N2O/c14-11-10(12-7-5-6-7)8-3-1-2-4-9(8)13-11/h1-4,7H,5-6H2,(H,12,13,14). The second kappa shape index (κ2) is 2.67. The van der Waals surface area contributed by atoms with Gasteiger partial charge in [0.25, 0.3) is 5.91 Å². The van der Waals surface area contributed by atoms with E-state index in [2.05, 4.69) is 10.3 Å². The molecule has 1 aromatic rings. The number of nitrogens with zero attached hydrogens (tertiary/aromatic N) is 1. The molecular weight excluding hydrogens is 176 g/mol. The van der Waals surface area contributed by atoms with Crippen LogP contribution in [0.2, 0.25) is 0 Å². The van der Waals surface area contributed by atoms with Gasteiger partial charge in [0.05, 0.1) is 11.7 Å². The molecule has 3 heteroatoms. The fourth-order valence-corrected chi connectivity index (χ4v) is 1.62. The molecule has 1 saturated carbocycles. The fraction of sp³-hybridized carbons (Fsp3) is 0.273. The maximum atomic E-state index is 11.6. The number of fused-ring (bicyclic) bond motifs is 1. The fourth-order valence-electron chi connectivity index (χ4n) is 1.62. The first-order chi connectivity index (χ1) is 6.84. The molecule has 70 valence electrons. The third kappa shape index (κ3) is 1.13. The van der Waals surface area contributed by atoms with E-state index in [0.717, 1.165) is 24.1 Å². The molecule has 14 heavy (non-hydrogen) atoms. The molecular formula is C11H10N2O. The summed E-state index contributed by atoms with van der Waals surface area (Å²) >= 11 is 0. The lowest BCUT2D eigenvalue weighted by molar-refractivity contribution is -0.110. The second-order valence-corrected chi connectivity index (χ2v) is 3.71. The van der Waals surface area contributed by atoms with Crippen molar-refractivity contribution in [2.45, 2.75) is 18.9 Å². The first-order valence-corrected chi connectivity index (χ1v) is 4.83. The maximum Gasteiger partial charge on any atom is 0.274 e. The van der Waals surface area contributed by atoms with Gasteiger partial charge >= 0.3 is 0 Å². The maximum absolute atomic E-state index is 11.6. The van der Waals surface area contributed by atoms with Gasteiger partial charge in [0.1, 0.15) is 5.71 Å². The molecule has 1 N–H and O–H groups in total. The first kappa shape index (κ1) is 7.74. The summed E-state index contributed by atoms with van der Waals surface area (Å²) in [5.41, 5.74) is 2.45. The summed E-state index contributed by atoms with van der Waals surface area (Å²) < 4.78 is 0. The normalized spacial score (nSPS) is 22.3. The highest BCUT2D eigenvalue weighted by Gasteiger charge is 2.29. The van der Waals surface area contributed by atoms with Crippen LogP contribution in [0.25, 0.3) is 0 Å². The summed E-state index contributed by atoms with van der Waals surface area (Å²) in [5.74, 6) is -0.0573. The van der Waals surface area contributed by atoms with Crippen LogP contribution in [-0.4, -0.2) is 17.7 Å². The van der Waals surface area contributed by atoms with Crippen molar-refractivity contribution < 1.29 is 4.79 Å². The summed E-state index contributed by atoms with van der Waals surface area (Å²) in [5, 5.41) is 2.81. The number of aliphatic imine (C=N–C) groups is 1. The van der Waals surface area contributed by atoms with E-state index in [0.29, 0.717) is 11.8 Å². The number of nitrogens with one attached hydrogen (secondary N) is 1. The molecule has 0 saturated heterocycles. The van der Waals surface area contributed by atoms with Crippen LogP contribution in [0, 0.1) is 0 Å². The van der Waals surface area contributed by atoms with Gasteiger partial charge < -0.3 is 5.32 Å². The number of hydrogen-bond acceptors (Lipinski definition) is 2. The molecule has 1 aliphatic carbocycles. The van der Waals surface area contributed by atoms with Crippen LogP contribution < -0.4 is 5.32 Å². The van der Waals surface area contributed by atoms with Gasteiger partial charge in [0.15, 0.2) is 0 Å². The van der Waals surface area contributed by atoms with Crippen molar-refractivity contribution in [1.82, 2.24) is 0 Å². The highest BCUT2D eigenvalue weighted by atomic mass is 16.2. The molecule has 0 aromatic heterocycles. The predicted molar refractivity (Wildman–Crippen MR) is 54.6 cm³/mol. The van der Waals surface area contributed by atoms with Crippen molar-refractivity contribution in [3.05, 3.63) is 29.8 Å². The van der Waals surface area contributed by atoms with Crippen LogP contribution in [-0.2, 0) is 4.79 Å². The van der Waals surface area contributed by atoms with E-state index in [-0.39, 0.29) is 5.91 Å². The summed E-state index contributed by atoms with van der Waals surface area (Å²) in [4.78, 5) is 16.0. The molecule has 0 unspecified atom stereocenters. The summed E-state index contributed by atoms with van der Waals surface area (Å²) in [6.07, 6.45) is 2.25. The smallest absolute Gasteiger partial charge is 0.274 e. The Hall–Kier alpha value is -1.64. The predicted octanol–water partition coefficient (Wildman–Crippen LogP) is 1.59. The topological polar surface area (TPSA) is 41.5 Å². The average Bonchev–Trinajstić information content (AvgIpc) is 2.93. The van der Waals surface area contributed by atoms with Crippen molar-refractivity contribution in [3.63, 3.8) is 0 Å². The number of amides is 1. The molecule has 1 fully saturated rings. The van der Waals surface area contributed by atoms with Crippen molar-refractivity contribution in [2.75, 3.05) is 5.32 Å². The van der Waals surface area contributed by atoms with Crippen LogP contribution in [0.5, 0.6) is 0 Å². The monoisotopic (exact) mass is 186 g/mol. The van der Waals surface area contributed by atoms with Crippen molar-refractivity contribution in [1.29, 1.82) is 0 Å². The molecule has 3 rings (SSSR count). The van der Waals surface area contributed by atoms with Crippen LogP contribution in [0.1, 0.15) is 18.4 Å². The minimum absolute atomic E-state index is 0.0573. The summed E-state index contributed by atoms with van der Waals surface area (Å²) in [7, 11) is 0. The van der Waals surface area contributed by atoms with Crippen LogP contribution in [0.3, 0.4) is 0 Å². The zero-order chi connectivity index (χ0) is 9.54. The van der Waals surface area contributed by atoms with Crippen LogP contribution in [0.15, 0.2) is 29.3 Å². The Morgan fingerprint density at radius 1 is 1.29 bits per heavy atom. The molecule has 0 radical (unpaired) electrons. The van der Waals surface area contributed by atoms with E-state index in [1.165, 1.54) is 0 Å². The van der Waals surface area contributed by atoms with Crippen molar-refractivity contribution in [2.24, 2.45) is 4.99 Å². The van der Waals surface area contributed by atoms with Gasteiger partial charge in [0.2, 0.25) is 0 Å². The molecule has 0 atom stereocenters. The van der Waals surface area contributed by atoms with E-state index in [9.17, 15) is 4.79 Å². The Balaban J connectivity index is 2.09. The quantitative estimate of drug-likeness (QED) is 0.711. The Labute approximate surface area is 81.9 Å². The largest absolute Gasteiger partial charge is 0.320 e. The molecule has 3 nitrogen and oxygen atoms in total. The third-order valence-electron chi connectivity index (χ3n) is 2.50. The lowest BCUT2D eigenvalue weighted by atomic mass is 10.1. The Bertz CT molecular complexity index is 433. The average molecular weight is 186 g/mol. The molecule has 1 aromatic carbocycles. The van der Waals surface area contributed by atoms with Crippen molar-refractivity contribution in [3.8, 4) is 0 Å². The van der Waals surface area contributed by atoms with Gasteiger partial charge in [-0.3, -0.25) is 9.79 Å². The van der Waals surface area contributed by atoms with E-state index in [1.54, 1.807) is 0 Å². The summed E-state index contributed by atoms with van der Waals surface area (Å²) in [6, 6.07) is 8.08. The molecule has 1 aliphatic heterocycles. The van der Waals surface area contributed by atoms with Gasteiger partial charge in [-0.15, -0.1) is 0 Å². The van der Waals surface area contributed by atoms with Crippen LogP contribution >= 0.6 is 0 Å². The second-order valence-electron chi connectivity index (χ2n) is 3.71. The minimum atomic E-state index is -0.0573.